The quantitative estimate of drug-likeness (QED) is 0.781. The molecule has 0 radical (unpaired) electrons. The second-order valence-electron chi connectivity index (χ2n) is 6.44. The standard InChI is InChI=1S/C19H26N2O3S/c1-13(2)8-9-20-17(22)12-15-4-6-16(7-5-15)21-19(23)18-14(3)24-10-11-25-18/h4-7,13H,8-12H2,1-3H3,(H,20,22)(H,21,23). The Hall–Kier alpha value is -1.95. The topological polar surface area (TPSA) is 67.4 Å². The molecular weight excluding hydrogens is 336 g/mol. The van der Waals surface area contributed by atoms with Crippen LogP contribution in [0.2, 0.25) is 0 Å². The molecule has 25 heavy (non-hydrogen) atoms. The molecular formula is C19H26N2O3S. The van der Waals surface area contributed by atoms with Gasteiger partial charge in [0.15, 0.2) is 0 Å². The molecule has 2 rings (SSSR count). The summed E-state index contributed by atoms with van der Waals surface area (Å²) in [5.74, 6) is 1.90. The number of carbonyl (C=O) groups excluding carboxylic acids is 2. The zero-order valence-electron chi connectivity index (χ0n) is 15.1. The average molecular weight is 362 g/mol. The van der Waals surface area contributed by atoms with Crippen LogP contribution in [-0.4, -0.2) is 30.7 Å². The largest absolute Gasteiger partial charge is 0.496 e. The zero-order chi connectivity index (χ0) is 18.2. The van der Waals surface area contributed by atoms with E-state index < -0.39 is 0 Å². The van der Waals surface area contributed by atoms with Gasteiger partial charge in [-0.05, 0) is 37.0 Å². The van der Waals surface area contributed by atoms with Gasteiger partial charge in [-0.1, -0.05) is 26.0 Å². The van der Waals surface area contributed by atoms with Gasteiger partial charge in [-0.3, -0.25) is 9.59 Å². The number of ether oxygens (including phenoxy) is 1. The predicted octanol–water partition coefficient (Wildman–Crippen LogP) is 3.32. The van der Waals surface area contributed by atoms with Crippen LogP contribution < -0.4 is 10.6 Å². The van der Waals surface area contributed by atoms with E-state index in [-0.39, 0.29) is 11.8 Å². The number of hydrogen-bond acceptors (Lipinski definition) is 4. The second kappa shape index (κ2) is 9.51. The van der Waals surface area contributed by atoms with Crippen molar-refractivity contribution in [1.29, 1.82) is 0 Å². The number of carbonyl (C=O) groups is 2. The van der Waals surface area contributed by atoms with E-state index in [0.29, 0.717) is 41.8 Å². The van der Waals surface area contributed by atoms with E-state index in [1.165, 1.54) is 11.8 Å². The second-order valence-corrected chi connectivity index (χ2v) is 7.55. The van der Waals surface area contributed by atoms with Gasteiger partial charge in [0.25, 0.3) is 5.91 Å². The minimum atomic E-state index is -0.152. The molecule has 5 nitrogen and oxygen atoms in total. The van der Waals surface area contributed by atoms with Gasteiger partial charge in [-0.15, -0.1) is 11.8 Å². The molecule has 136 valence electrons. The van der Waals surface area contributed by atoms with Gasteiger partial charge in [-0.2, -0.15) is 0 Å². The molecule has 1 heterocycles. The molecule has 0 aliphatic carbocycles. The first-order valence-electron chi connectivity index (χ1n) is 8.59. The summed E-state index contributed by atoms with van der Waals surface area (Å²) in [6.45, 7) is 7.42. The Labute approximate surface area is 153 Å². The number of allylic oxidation sites excluding steroid dienone is 1. The van der Waals surface area contributed by atoms with E-state index in [9.17, 15) is 9.59 Å². The summed E-state index contributed by atoms with van der Waals surface area (Å²) in [5, 5.41) is 5.80. The first-order chi connectivity index (χ1) is 12.0. The third-order valence-corrected chi connectivity index (χ3v) is 4.93. The lowest BCUT2D eigenvalue weighted by atomic mass is 10.1. The summed E-state index contributed by atoms with van der Waals surface area (Å²) < 4.78 is 5.41. The fraction of sp³-hybridized carbons (Fsp3) is 0.474. The molecule has 0 saturated carbocycles. The van der Waals surface area contributed by atoms with E-state index in [1.807, 2.05) is 31.2 Å². The number of anilines is 1. The van der Waals surface area contributed by atoms with Crippen LogP contribution in [0.25, 0.3) is 0 Å². The Morgan fingerprint density at radius 3 is 2.60 bits per heavy atom. The summed E-state index contributed by atoms with van der Waals surface area (Å²) in [5.41, 5.74) is 1.63. The molecule has 1 aromatic rings. The molecule has 1 aliphatic heterocycles. The lowest BCUT2D eigenvalue weighted by molar-refractivity contribution is -0.120. The summed E-state index contributed by atoms with van der Waals surface area (Å²) >= 11 is 1.51. The summed E-state index contributed by atoms with van der Waals surface area (Å²) in [4.78, 5) is 24.8. The highest BCUT2D eigenvalue weighted by molar-refractivity contribution is 8.04. The van der Waals surface area contributed by atoms with Gasteiger partial charge < -0.3 is 15.4 Å². The van der Waals surface area contributed by atoms with E-state index in [0.717, 1.165) is 17.7 Å². The van der Waals surface area contributed by atoms with Crippen molar-refractivity contribution in [2.24, 2.45) is 5.92 Å². The van der Waals surface area contributed by atoms with Crippen LogP contribution in [0.15, 0.2) is 34.9 Å². The molecule has 0 fully saturated rings. The Morgan fingerprint density at radius 2 is 1.96 bits per heavy atom. The van der Waals surface area contributed by atoms with Gasteiger partial charge in [0.1, 0.15) is 10.7 Å². The maximum atomic E-state index is 12.3. The predicted molar refractivity (Wildman–Crippen MR) is 102 cm³/mol. The van der Waals surface area contributed by atoms with Crippen LogP contribution >= 0.6 is 11.8 Å². The van der Waals surface area contributed by atoms with Crippen molar-refractivity contribution in [2.75, 3.05) is 24.2 Å². The minimum absolute atomic E-state index is 0.0222. The smallest absolute Gasteiger partial charge is 0.265 e. The number of hydrogen-bond donors (Lipinski definition) is 2. The van der Waals surface area contributed by atoms with Crippen molar-refractivity contribution in [3.63, 3.8) is 0 Å². The molecule has 2 N–H and O–H groups in total. The van der Waals surface area contributed by atoms with Crippen LogP contribution in [0, 0.1) is 5.92 Å². The number of rotatable bonds is 7. The van der Waals surface area contributed by atoms with Crippen molar-refractivity contribution in [3.8, 4) is 0 Å². The van der Waals surface area contributed by atoms with E-state index in [4.69, 9.17) is 4.74 Å². The van der Waals surface area contributed by atoms with Crippen LogP contribution in [0.5, 0.6) is 0 Å². The summed E-state index contributed by atoms with van der Waals surface area (Å²) in [6.07, 6.45) is 1.33. The van der Waals surface area contributed by atoms with E-state index >= 15 is 0 Å². The third-order valence-electron chi connectivity index (χ3n) is 3.79. The Balaban J connectivity index is 1.85. The number of nitrogens with one attached hydrogen (secondary N) is 2. The lowest BCUT2D eigenvalue weighted by Gasteiger charge is -2.17. The number of thioether (sulfide) groups is 1. The average Bonchev–Trinajstić information content (AvgIpc) is 2.56. The minimum Gasteiger partial charge on any atom is -0.496 e. The van der Waals surface area contributed by atoms with Crippen LogP contribution in [0.1, 0.15) is 32.8 Å². The molecule has 0 atom stereocenters. The molecule has 0 aromatic heterocycles. The summed E-state index contributed by atoms with van der Waals surface area (Å²) in [7, 11) is 0. The molecule has 2 amide bonds. The van der Waals surface area contributed by atoms with Crippen LogP contribution in [0.3, 0.4) is 0 Å². The van der Waals surface area contributed by atoms with Crippen LogP contribution in [-0.2, 0) is 20.7 Å². The highest BCUT2D eigenvalue weighted by Crippen LogP contribution is 2.26. The fourth-order valence-electron chi connectivity index (χ4n) is 2.37. The monoisotopic (exact) mass is 362 g/mol. The van der Waals surface area contributed by atoms with Gasteiger partial charge in [0, 0.05) is 18.0 Å². The number of benzene rings is 1. The highest BCUT2D eigenvalue weighted by Gasteiger charge is 2.18. The molecule has 0 spiro atoms. The Bertz CT molecular complexity index is 639. The Kier molecular flexibility index (Phi) is 7.37. The first kappa shape index (κ1) is 19.4. The molecule has 1 aliphatic rings. The fourth-order valence-corrected chi connectivity index (χ4v) is 3.19. The van der Waals surface area contributed by atoms with Crippen molar-refractivity contribution in [1.82, 2.24) is 5.32 Å². The van der Waals surface area contributed by atoms with Crippen molar-refractivity contribution >= 4 is 29.3 Å². The molecule has 0 bridgehead atoms. The first-order valence-corrected chi connectivity index (χ1v) is 9.57. The van der Waals surface area contributed by atoms with E-state index in [2.05, 4.69) is 24.5 Å². The molecule has 1 aromatic carbocycles. The van der Waals surface area contributed by atoms with Crippen molar-refractivity contribution in [3.05, 3.63) is 40.5 Å². The Morgan fingerprint density at radius 1 is 1.24 bits per heavy atom. The third kappa shape index (κ3) is 6.46. The normalized spacial score (nSPS) is 14.2. The maximum absolute atomic E-state index is 12.3. The molecule has 0 saturated heterocycles. The number of amides is 2. The van der Waals surface area contributed by atoms with Crippen molar-refractivity contribution in [2.45, 2.75) is 33.6 Å². The van der Waals surface area contributed by atoms with Gasteiger partial charge in [0.2, 0.25) is 5.91 Å². The molecule has 6 heteroatoms. The zero-order valence-corrected chi connectivity index (χ0v) is 15.9. The van der Waals surface area contributed by atoms with Gasteiger partial charge in [-0.25, -0.2) is 0 Å². The van der Waals surface area contributed by atoms with Crippen LogP contribution in [0.4, 0.5) is 5.69 Å². The summed E-state index contributed by atoms with van der Waals surface area (Å²) in [6, 6.07) is 7.37. The van der Waals surface area contributed by atoms with E-state index in [1.54, 1.807) is 0 Å². The van der Waals surface area contributed by atoms with Gasteiger partial charge in [0.05, 0.1) is 13.0 Å². The van der Waals surface area contributed by atoms with Gasteiger partial charge >= 0.3 is 0 Å². The maximum Gasteiger partial charge on any atom is 0.265 e. The lowest BCUT2D eigenvalue weighted by Crippen LogP contribution is -2.26. The highest BCUT2D eigenvalue weighted by atomic mass is 32.2. The SMILES string of the molecule is CC1=C(C(=O)Nc2ccc(CC(=O)NCCC(C)C)cc2)SCCO1. The van der Waals surface area contributed by atoms with Crippen molar-refractivity contribution < 1.29 is 14.3 Å². The molecule has 0 unspecified atom stereocenters.